The summed E-state index contributed by atoms with van der Waals surface area (Å²) in [7, 11) is 1.60. The summed E-state index contributed by atoms with van der Waals surface area (Å²) in [6.45, 7) is 2.73. The first kappa shape index (κ1) is 18.6. The van der Waals surface area contributed by atoms with Crippen molar-refractivity contribution in [2.24, 2.45) is 0 Å². The molecule has 1 aliphatic heterocycles. The first-order chi connectivity index (χ1) is 13.0. The molecule has 1 aliphatic rings. The van der Waals surface area contributed by atoms with Crippen molar-refractivity contribution < 1.29 is 23.8 Å². The Morgan fingerprint density at radius 1 is 1.07 bits per heavy atom. The van der Waals surface area contributed by atoms with Crippen LogP contribution in [-0.4, -0.2) is 43.6 Å². The number of hydrogen-bond acceptors (Lipinski definition) is 5. The Kier molecular flexibility index (Phi) is 5.80. The summed E-state index contributed by atoms with van der Waals surface area (Å²) in [5, 5.41) is 2.79. The van der Waals surface area contributed by atoms with Crippen molar-refractivity contribution in [3.63, 3.8) is 0 Å². The molecular formula is C20H22N2O5. The Morgan fingerprint density at radius 3 is 2.44 bits per heavy atom. The monoisotopic (exact) mass is 370 g/mol. The molecule has 0 aromatic heterocycles. The van der Waals surface area contributed by atoms with Crippen molar-refractivity contribution in [3.05, 3.63) is 48.0 Å². The van der Waals surface area contributed by atoms with Gasteiger partial charge in [0.15, 0.2) is 11.5 Å². The van der Waals surface area contributed by atoms with E-state index in [1.807, 2.05) is 24.3 Å². The lowest BCUT2D eigenvalue weighted by Crippen LogP contribution is -2.36. The molecule has 0 saturated carbocycles. The third-order valence-electron chi connectivity index (χ3n) is 4.14. The first-order valence-electron chi connectivity index (χ1n) is 8.63. The van der Waals surface area contributed by atoms with E-state index in [4.69, 9.17) is 14.2 Å². The van der Waals surface area contributed by atoms with E-state index in [1.54, 1.807) is 25.3 Å². The van der Waals surface area contributed by atoms with Crippen LogP contribution in [0.4, 0.5) is 5.69 Å². The van der Waals surface area contributed by atoms with Gasteiger partial charge in [-0.3, -0.25) is 9.59 Å². The Balaban J connectivity index is 1.62. The number of nitrogens with zero attached hydrogens (tertiary/aromatic N) is 1. The van der Waals surface area contributed by atoms with Crippen LogP contribution in [0.5, 0.6) is 17.2 Å². The minimum atomic E-state index is -0.282. The van der Waals surface area contributed by atoms with Crippen LogP contribution in [0.3, 0.4) is 0 Å². The van der Waals surface area contributed by atoms with Crippen molar-refractivity contribution >= 4 is 17.5 Å². The molecule has 0 atom stereocenters. The lowest BCUT2D eigenvalue weighted by molar-refractivity contribution is -0.133. The second kappa shape index (κ2) is 8.44. The molecule has 1 N–H and O–H groups in total. The highest BCUT2D eigenvalue weighted by Crippen LogP contribution is 2.32. The topological polar surface area (TPSA) is 77.1 Å². The van der Waals surface area contributed by atoms with Gasteiger partial charge in [-0.2, -0.15) is 0 Å². The number of ether oxygens (including phenoxy) is 3. The van der Waals surface area contributed by atoms with Crippen molar-refractivity contribution in [2.75, 3.05) is 32.2 Å². The van der Waals surface area contributed by atoms with Gasteiger partial charge in [-0.15, -0.1) is 0 Å². The van der Waals surface area contributed by atoms with E-state index in [9.17, 15) is 9.59 Å². The van der Waals surface area contributed by atoms with Crippen molar-refractivity contribution in [2.45, 2.75) is 13.5 Å². The molecule has 0 fully saturated rings. The van der Waals surface area contributed by atoms with Crippen LogP contribution in [0.15, 0.2) is 42.5 Å². The molecule has 1 heterocycles. The van der Waals surface area contributed by atoms with Gasteiger partial charge in [0.1, 0.15) is 25.5 Å². The molecule has 7 nitrogen and oxygen atoms in total. The molecular weight excluding hydrogens is 348 g/mol. The van der Waals surface area contributed by atoms with Gasteiger partial charge in [-0.25, -0.2) is 0 Å². The van der Waals surface area contributed by atoms with Crippen LogP contribution in [0.1, 0.15) is 12.5 Å². The van der Waals surface area contributed by atoms with E-state index >= 15 is 0 Å². The van der Waals surface area contributed by atoms with E-state index in [0.717, 1.165) is 11.3 Å². The van der Waals surface area contributed by atoms with Crippen LogP contribution in [0, 0.1) is 0 Å². The number of hydrogen-bond donors (Lipinski definition) is 1. The Morgan fingerprint density at radius 2 is 1.78 bits per heavy atom. The summed E-state index contributed by atoms with van der Waals surface area (Å²) in [6.07, 6.45) is 0. The van der Waals surface area contributed by atoms with Gasteiger partial charge in [0, 0.05) is 25.2 Å². The summed E-state index contributed by atoms with van der Waals surface area (Å²) >= 11 is 0. The average molecular weight is 370 g/mol. The Hall–Kier alpha value is -3.22. The molecule has 27 heavy (non-hydrogen) atoms. The van der Waals surface area contributed by atoms with Crippen LogP contribution in [0.25, 0.3) is 0 Å². The van der Waals surface area contributed by atoms with Gasteiger partial charge < -0.3 is 24.4 Å². The molecule has 2 amide bonds. The highest BCUT2D eigenvalue weighted by atomic mass is 16.6. The normalized spacial score (nSPS) is 12.2. The van der Waals surface area contributed by atoms with Crippen LogP contribution in [0.2, 0.25) is 0 Å². The SMILES string of the molecule is COc1ccc(CN(CC(=O)Nc2ccc3c(c2)OCCO3)C(C)=O)cc1. The van der Waals surface area contributed by atoms with Crippen molar-refractivity contribution in [3.8, 4) is 17.2 Å². The summed E-state index contributed by atoms with van der Waals surface area (Å²) in [6, 6.07) is 12.6. The molecule has 3 rings (SSSR count). The largest absolute Gasteiger partial charge is 0.497 e. The minimum absolute atomic E-state index is 0.0458. The van der Waals surface area contributed by atoms with E-state index in [2.05, 4.69) is 5.32 Å². The number of benzene rings is 2. The summed E-state index contributed by atoms with van der Waals surface area (Å²) in [5.74, 6) is 1.54. The minimum Gasteiger partial charge on any atom is -0.497 e. The van der Waals surface area contributed by atoms with E-state index < -0.39 is 0 Å². The second-order valence-electron chi connectivity index (χ2n) is 6.13. The standard InChI is InChI=1S/C20H22N2O5/c1-14(23)22(12-15-3-6-17(25-2)7-4-15)13-20(24)21-16-5-8-18-19(11-16)27-10-9-26-18/h3-8,11H,9-10,12-13H2,1-2H3,(H,21,24). The number of fused-ring (bicyclic) bond motifs is 1. The highest BCUT2D eigenvalue weighted by Gasteiger charge is 2.16. The number of carbonyl (C=O) groups excluding carboxylic acids is 2. The molecule has 0 unspecified atom stereocenters. The van der Waals surface area contributed by atoms with Crippen molar-refractivity contribution in [1.82, 2.24) is 4.90 Å². The third kappa shape index (κ3) is 4.91. The molecule has 7 heteroatoms. The maximum absolute atomic E-state index is 12.4. The maximum atomic E-state index is 12.4. The van der Waals surface area contributed by atoms with Crippen LogP contribution < -0.4 is 19.5 Å². The zero-order chi connectivity index (χ0) is 19.2. The number of amides is 2. The highest BCUT2D eigenvalue weighted by molar-refractivity contribution is 5.94. The molecule has 0 bridgehead atoms. The molecule has 0 spiro atoms. The lowest BCUT2D eigenvalue weighted by Gasteiger charge is -2.22. The number of anilines is 1. The predicted molar refractivity (Wildman–Crippen MR) is 100 cm³/mol. The Bertz CT molecular complexity index is 820. The number of carbonyl (C=O) groups is 2. The van der Waals surface area contributed by atoms with Crippen molar-refractivity contribution in [1.29, 1.82) is 0 Å². The zero-order valence-electron chi connectivity index (χ0n) is 15.4. The maximum Gasteiger partial charge on any atom is 0.244 e. The van der Waals surface area contributed by atoms with Crippen LogP contribution in [-0.2, 0) is 16.1 Å². The van der Waals surface area contributed by atoms with Gasteiger partial charge >= 0.3 is 0 Å². The Labute approximate surface area is 157 Å². The fourth-order valence-corrected chi connectivity index (χ4v) is 2.72. The lowest BCUT2D eigenvalue weighted by atomic mass is 10.2. The molecule has 2 aromatic rings. The average Bonchev–Trinajstić information content (AvgIpc) is 2.68. The van der Waals surface area contributed by atoms with E-state index in [0.29, 0.717) is 36.9 Å². The molecule has 142 valence electrons. The number of rotatable bonds is 6. The summed E-state index contributed by atoms with van der Waals surface area (Å²) < 4.78 is 16.1. The molecule has 0 saturated heterocycles. The van der Waals surface area contributed by atoms with E-state index in [-0.39, 0.29) is 18.4 Å². The summed E-state index contributed by atoms with van der Waals surface area (Å²) in [5.41, 5.74) is 1.51. The number of methoxy groups -OCH3 is 1. The van der Waals surface area contributed by atoms with Gasteiger partial charge in [0.25, 0.3) is 0 Å². The number of nitrogens with one attached hydrogen (secondary N) is 1. The molecule has 2 aromatic carbocycles. The first-order valence-corrected chi connectivity index (χ1v) is 8.63. The molecule has 0 aliphatic carbocycles. The van der Waals surface area contributed by atoms with Crippen LogP contribution >= 0.6 is 0 Å². The fraction of sp³-hybridized carbons (Fsp3) is 0.300. The zero-order valence-corrected chi connectivity index (χ0v) is 15.4. The fourth-order valence-electron chi connectivity index (χ4n) is 2.72. The van der Waals surface area contributed by atoms with Gasteiger partial charge in [0.05, 0.1) is 7.11 Å². The quantitative estimate of drug-likeness (QED) is 0.845. The third-order valence-corrected chi connectivity index (χ3v) is 4.14. The van der Waals surface area contributed by atoms with Gasteiger partial charge in [-0.1, -0.05) is 12.1 Å². The second-order valence-corrected chi connectivity index (χ2v) is 6.13. The summed E-state index contributed by atoms with van der Waals surface area (Å²) in [4.78, 5) is 25.8. The molecule has 0 radical (unpaired) electrons. The van der Waals surface area contributed by atoms with Gasteiger partial charge in [0.2, 0.25) is 11.8 Å². The smallest absolute Gasteiger partial charge is 0.244 e. The van der Waals surface area contributed by atoms with E-state index in [1.165, 1.54) is 11.8 Å². The van der Waals surface area contributed by atoms with Gasteiger partial charge in [-0.05, 0) is 29.8 Å². The predicted octanol–water partition coefficient (Wildman–Crippen LogP) is 2.45.